The molecule has 9 nitrogen and oxygen atoms in total. The number of nitrogens with one attached hydrogen (secondary N) is 2. The van der Waals surface area contributed by atoms with Gasteiger partial charge in [0.25, 0.3) is 11.8 Å². The first kappa shape index (κ1) is 23.0. The summed E-state index contributed by atoms with van der Waals surface area (Å²) in [7, 11) is 0. The van der Waals surface area contributed by atoms with Crippen molar-refractivity contribution < 1.29 is 28.3 Å². The highest BCUT2D eigenvalue weighted by Crippen LogP contribution is 2.14. The van der Waals surface area contributed by atoms with E-state index in [1.54, 1.807) is 11.0 Å². The van der Waals surface area contributed by atoms with Gasteiger partial charge in [-0.15, -0.1) is 0 Å². The highest BCUT2D eigenvalue weighted by Gasteiger charge is 2.26. The molecule has 3 aromatic rings. The number of carbonyl (C=O) groups is 4. The van der Waals surface area contributed by atoms with Gasteiger partial charge in [-0.05, 0) is 36.6 Å². The first-order valence-corrected chi connectivity index (χ1v) is 11.1. The first-order chi connectivity index (χ1) is 16.5. The summed E-state index contributed by atoms with van der Waals surface area (Å²) in [6, 6.07) is 12.6. The van der Waals surface area contributed by atoms with Gasteiger partial charge >= 0.3 is 5.97 Å². The SMILES string of the molecule is O=C(COC(=O)[C@H](Cc1ccccc1)NC(=O)c1ccco1)c1c[nH]c(C(=O)N2CCCC2)c1. The molecular formula is C25H25N3O6. The van der Waals surface area contributed by atoms with Crippen LogP contribution in [0.15, 0.2) is 65.4 Å². The number of hydrogen-bond donors (Lipinski definition) is 2. The van der Waals surface area contributed by atoms with Gasteiger partial charge in [0.05, 0.1) is 6.26 Å². The molecule has 0 radical (unpaired) electrons. The van der Waals surface area contributed by atoms with Crippen LogP contribution in [0.25, 0.3) is 0 Å². The van der Waals surface area contributed by atoms with Crippen LogP contribution in [0, 0.1) is 0 Å². The smallest absolute Gasteiger partial charge is 0.329 e. The second-order valence-corrected chi connectivity index (χ2v) is 8.03. The summed E-state index contributed by atoms with van der Waals surface area (Å²) in [4.78, 5) is 54.8. The van der Waals surface area contributed by atoms with Crippen molar-refractivity contribution in [3.63, 3.8) is 0 Å². The second-order valence-electron chi connectivity index (χ2n) is 8.03. The Morgan fingerprint density at radius 1 is 1.06 bits per heavy atom. The minimum absolute atomic E-state index is 0.0597. The Bertz CT molecular complexity index is 1150. The van der Waals surface area contributed by atoms with Gasteiger partial charge in [-0.2, -0.15) is 0 Å². The number of benzene rings is 1. The van der Waals surface area contributed by atoms with E-state index in [1.165, 1.54) is 24.6 Å². The number of ether oxygens (including phenoxy) is 1. The number of H-pyrrole nitrogens is 1. The van der Waals surface area contributed by atoms with Gasteiger partial charge in [0.1, 0.15) is 11.7 Å². The Kier molecular flexibility index (Phi) is 7.22. The molecule has 34 heavy (non-hydrogen) atoms. The van der Waals surface area contributed by atoms with E-state index in [0.717, 1.165) is 18.4 Å². The predicted octanol–water partition coefficient (Wildman–Crippen LogP) is 2.61. The number of rotatable bonds is 9. The van der Waals surface area contributed by atoms with Gasteiger partial charge in [-0.3, -0.25) is 14.4 Å². The molecule has 4 rings (SSSR count). The van der Waals surface area contributed by atoms with Crippen LogP contribution in [-0.4, -0.2) is 59.2 Å². The molecule has 0 unspecified atom stereocenters. The highest BCUT2D eigenvalue weighted by molar-refractivity contribution is 6.01. The average molecular weight is 463 g/mol. The molecule has 1 fully saturated rings. The molecule has 9 heteroatoms. The number of aromatic amines is 1. The van der Waals surface area contributed by atoms with E-state index in [0.29, 0.717) is 18.8 Å². The van der Waals surface area contributed by atoms with Gasteiger partial charge in [0.2, 0.25) is 5.78 Å². The van der Waals surface area contributed by atoms with Crippen LogP contribution in [0.4, 0.5) is 0 Å². The number of nitrogens with zero attached hydrogens (tertiary/aromatic N) is 1. The second kappa shape index (κ2) is 10.7. The quantitative estimate of drug-likeness (QED) is 0.372. The standard InChI is InChI=1S/C25H25N3O6/c29-21(18-14-19(26-15-18)24(31)28-10-4-5-11-28)16-34-25(32)20(13-17-7-2-1-3-8-17)27-23(30)22-9-6-12-33-22/h1-3,6-9,12,14-15,20,26H,4-5,10-11,13,16H2,(H,27,30)/t20-/m0/s1. The van der Waals surface area contributed by atoms with Crippen LogP contribution < -0.4 is 5.32 Å². The molecule has 1 aliphatic heterocycles. The molecular weight excluding hydrogens is 438 g/mol. The minimum Gasteiger partial charge on any atom is -0.459 e. The lowest BCUT2D eigenvalue weighted by atomic mass is 10.1. The molecule has 0 aliphatic carbocycles. The van der Waals surface area contributed by atoms with E-state index in [9.17, 15) is 19.2 Å². The fraction of sp³-hybridized carbons (Fsp3) is 0.280. The van der Waals surface area contributed by atoms with Crippen LogP contribution in [0.1, 0.15) is 49.8 Å². The van der Waals surface area contributed by atoms with Gasteiger partial charge < -0.3 is 24.4 Å². The van der Waals surface area contributed by atoms with Crippen LogP contribution in [-0.2, 0) is 16.0 Å². The molecule has 0 saturated carbocycles. The van der Waals surface area contributed by atoms with Crippen LogP contribution in [0.2, 0.25) is 0 Å². The van der Waals surface area contributed by atoms with Crippen molar-refractivity contribution in [3.8, 4) is 0 Å². The Morgan fingerprint density at radius 2 is 1.82 bits per heavy atom. The Balaban J connectivity index is 1.38. The first-order valence-electron chi connectivity index (χ1n) is 11.1. The zero-order chi connectivity index (χ0) is 23.9. The normalized spacial score (nSPS) is 13.9. The van der Waals surface area contributed by atoms with E-state index in [2.05, 4.69) is 10.3 Å². The predicted molar refractivity (Wildman–Crippen MR) is 121 cm³/mol. The third-order valence-corrected chi connectivity index (χ3v) is 5.59. The summed E-state index contributed by atoms with van der Waals surface area (Å²) >= 11 is 0. The van der Waals surface area contributed by atoms with E-state index >= 15 is 0 Å². The maximum absolute atomic E-state index is 12.8. The topological polar surface area (TPSA) is 122 Å². The number of carbonyl (C=O) groups excluding carboxylic acids is 4. The molecule has 176 valence electrons. The van der Waals surface area contributed by atoms with Crippen molar-refractivity contribution >= 4 is 23.6 Å². The number of amides is 2. The summed E-state index contributed by atoms with van der Waals surface area (Å²) in [5.74, 6) is -1.87. The lowest BCUT2D eigenvalue weighted by Gasteiger charge is -2.17. The third-order valence-electron chi connectivity index (χ3n) is 5.59. The van der Waals surface area contributed by atoms with Crippen molar-refractivity contribution in [2.75, 3.05) is 19.7 Å². The number of ketones is 1. The van der Waals surface area contributed by atoms with E-state index in [4.69, 9.17) is 9.15 Å². The third kappa shape index (κ3) is 5.61. The molecule has 2 aromatic heterocycles. The zero-order valence-electron chi connectivity index (χ0n) is 18.5. The Labute approximate surface area is 196 Å². The zero-order valence-corrected chi connectivity index (χ0v) is 18.5. The van der Waals surface area contributed by atoms with E-state index in [-0.39, 0.29) is 23.7 Å². The number of Topliss-reactive ketones (excluding diaryl/α,β-unsaturated/α-hetero) is 1. The van der Waals surface area contributed by atoms with Gasteiger partial charge in [-0.1, -0.05) is 30.3 Å². The lowest BCUT2D eigenvalue weighted by Crippen LogP contribution is -2.43. The van der Waals surface area contributed by atoms with E-state index in [1.807, 2.05) is 30.3 Å². The molecule has 0 bridgehead atoms. The number of hydrogen-bond acceptors (Lipinski definition) is 6. The maximum atomic E-state index is 12.8. The van der Waals surface area contributed by atoms with Crippen molar-refractivity contribution in [1.29, 1.82) is 0 Å². The highest BCUT2D eigenvalue weighted by atomic mass is 16.5. The van der Waals surface area contributed by atoms with Crippen LogP contribution >= 0.6 is 0 Å². The molecule has 1 saturated heterocycles. The van der Waals surface area contributed by atoms with Gasteiger partial charge in [0, 0.05) is 31.3 Å². The Morgan fingerprint density at radius 3 is 2.53 bits per heavy atom. The van der Waals surface area contributed by atoms with Crippen LogP contribution in [0.5, 0.6) is 0 Å². The Hall–Kier alpha value is -4.14. The lowest BCUT2D eigenvalue weighted by molar-refractivity contribution is -0.144. The van der Waals surface area contributed by atoms with Crippen molar-refractivity contribution in [1.82, 2.24) is 15.2 Å². The molecule has 3 heterocycles. The summed E-state index contributed by atoms with van der Waals surface area (Å²) in [5, 5.41) is 2.61. The van der Waals surface area contributed by atoms with Crippen molar-refractivity contribution in [2.24, 2.45) is 0 Å². The summed E-state index contributed by atoms with van der Waals surface area (Å²) in [6.07, 6.45) is 4.90. The summed E-state index contributed by atoms with van der Waals surface area (Å²) in [5.41, 5.74) is 1.38. The molecule has 2 amide bonds. The molecule has 1 aromatic carbocycles. The molecule has 1 aliphatic rings. The van der Waals surface area contributed by atoms with E-state index < -0.39 is 30.3 Å². The number of esters is 1. The summed E-state index contributed by atoms with van der Waals surface area (Å²) < 4.78 is 10.3. The monoisotopic (exact) mass is 463 g/mol. The number of furan rings is 1. The maximum Gasteiger partial charge on any atom is 0.329 e. The summed E-state index contributed by atoms with van der Waals surface area (Å²) in [6.45, 7) is 0.881. The number of aromatic nitrogens is 1. The van der Waals surface area contributed by atoms with Gasteiger partial charge in [0.15, 0.2) is 12.4 Å². The molecule has 0 spiro atoms. The molecule has 2 N–H and O–H groups in total. The van der Waals surface area contributed by atoms with Crippen molar-refractivity contribution in [2.45, 2.75) is 25.3 Å². The minimum atomic E-state index is -1.02. The van der Waals surface area contributed by atoms with Crippen molar-refractivity contribution in [3.05, 3.63) is 83.6 Å². The van der Waals surface area contributed by atoms with Gasteiger partial charge in [-0.25, -0.2) is 4.79 Å². The molecule has 1 atom stereocenters. The van der Waals surface area contributed by atoms with Crippen LogP contribution in [0.3, 0.4) is 0 Å². The fourth-order valence-corrected chi connectivity index (χ4v) is 3.77. The largest absolute Gasteiger partial charge is 0.459 e. The average Bonchev–Trinajstić information content (AvgIpc) is 3.64. The fourth-order valence-electron chi connectivity index (χ4n) is 3.77. The number of likely N-dealkylation sites (tertiary alicyclic amines) is 1.